The van der Waals surface area contributed by atoms with Gasteiger partial charge in [0.2, 0.25) is 0 Å². The van der Waals surface area contributed by atoms with Gasteiger partial charge in [-0.25, -0.2) is 4.79 Å². The highest BCUT2D eigenvalue weighted by Gasteiger charge is 2.05. The molecule has 0 bridgehead atoms. The fraction of sp³-hybridized carbons (Fsp3) is 0.118. The first kappa shape index (κ1) is 14.5. The second kappa shape index (κ2) is 7.06. The maximum absolute atomic E-state index is 11.8. The van der Waals surface area contributed by atoms with E-state index in [2.05, 4.69) is 22.9 Å². The van der Waals surface area contributed by atoms with Crippen molar-refractivity contribution in [3.63, 3.8) is 0 Å². The van der Waals surface area contributed by atoms with Crippen molar-refractivity contribution < 1.29 is 9.53 Å². The molecule has 0 amide bonds. The van der Waals surface area contributed by atoms with E-state index in [1.54, 1.807) is 12.1 Å². The van der Waals surface area contributed by atoms with Crippen LogP contribution < -0.4 is 4.74 Å². The summed E-state index contributed by atoms with van der Waals surface area (Å²) in [5.41, 5.74) is 2.15. The molecule has 2 aromatic carbocycles. The van der Waals surface area contributed by atoms with Crippen LogP contribution in [0, 0.1) is 0 Å². The first-order valence-corrected chi connectivity index (χ1v) is 7.21. The predicted molar refractivity (Wildman–Crippen MR) is 84.6 cm³/mol. The summed E-state index contributed by atoms with van der Waals surface area (Å²) in [4.78, 5) is 11.8. The highest BCUT2D eigenvalue weighted by Crippen LogP contribution is 2.26. The van der Waals surface area contributed by atoms with Crippen LogP contribution in [-0.4, -0.2) is 5.97 Å². The van der Waals surface area contributed by atoms with Crippen LogP contribution in [0.3, 0.4) is 0 Å². The van der Waals surface area contributed by atoms with Gasteiger partial charge < -0.3 is 4.74 Å². The molecule has 0 heterocycles. The first-order valence-electron chi connectivity index (χ1n) is 6.42. The lowest BCUT2D eigenvalue weighted by Gasteiger charge is -2.05. The van der Waals surface area contributed by atoms with Crippen LogP contribution in [0.4, 0.5) is 0 Å². The normalized spacial score (nSPS) is 10.7. The Morgan fingerprint density at radius 3 is 2.60 bits per heavy atom. The Hall–Kier alpha value is -1.87. The molecule has 0 radical (unpaired) electrons. The average Bonchev–Trinajstić information content (AvgIpc) is 2.48. The molecule has 0 fully saturated rings. The van der Waals surface area contributed by atoms with Crippen LogP contribution in [0.25, 0.3) is 6.08 Å². The molecule has 0 saturated carbocycles. The van der Waals surface area contributed by atoms with E-state index in [4.69, 9.17) is 4.74 Å². The number of carbonyl (C=O) groups is 1. The third kappa shape index (κ3) is 4.07. The van der Waals surface area contributed by atoms with E-state index in [-0.39, 0.29) is 5.97 Å². The molecule has 2 rings (SSSR count). The summed E-state index contributed by atoms with van der Waals surface area (Å²) in [5.74, 6) is 0.142. The molecule has 20 heavy (non-hydrogen) atoms. The fourth-order valence-electron chi connectivity index (χ4n) is 1.72. The van der Waals surface area contributed by atoms with Crippen molar-refractivity contribution in [2.75, 3.05) is 0 Å². The third-order valence-corrected chi connectivity index (χ3v) is 3.45. The summed E-state index contributed by atoms with van der Waals surface area (Å²) in [6.07, 6.45) is 4.10. The summed E-state index contributed by atoms with van der Waals surface area (Å²) < 4.78 is 6.08. The molecule has 0 spiro atoms. The molecule has 2 nitrogen and oxygen atoms in total. The zero-order chi connectivity index (χ0) is 14.4. The summed E-state index contributed by atoms with van der Waals surface area (Å²) in [6.45, 7) is 2.08. The summed E-state index contributed by atoms with van der Waals surface area (Å²) in [7, 11) is 0. The van der Waals surface area contributed by atoms with Gasteiger partial charge in [0.25, 0.3) is 0 Å². The fourth-order valence-corrected chi connectivity index (χ4v) is 2.22. The molecule has 0 aliphatic heterocycles. The van der Waals surface area contributed by atoms with Crippen molar-refractivity contribution in [1.82, 2.24) is 0 Å². The van der Waals surface area contributed by atoms with Crippen LogP contribution in [0.2, 0.25) is 0 Å². The standard InChI is InChI=1S/C17H15BrO2/c1-2-13-8-10-16(15(18)12-13)20-17(19)11-9-14-6-4-3-5-7-14/h3-12H,2H2,1H3. The Kier molecular flexibility index (Phi) is 5.13. The summed E-state index contributed by atoms with van der Waals surface area (Å²) in [6, 6.07) is 15.3. The monoisotopic (exact) mass is 330 g/mol. The zero-order valence-corrected chi connectivity index (χ0v) is 12.8. The minimum Gasteiger partial charge on any atom is -0.422 e. The van der Waals surface area contributed by atoms with Gasteiger partial charge in [0.15, 0.2) is 0 Å². The smallest absolute Gasteiger partial charge is 0.336 e. The Labute approximate surface area is 127 Å². The van der Waals surface area contributed by atoms with Crippen molar-refractivity contribution >= 4 is 28.0 Å². The average molecular weight is 331 g/mol. The molecule has 102 valence electrons. The zero-order valence-electron chi connectivity index (χ0n) is 11.2. The SMILES string of the molecule is CCc1ccc(OC(=O)C=Cc2ccccc2)c(Br)c1. The number of rotatable bonds is 4. The quantitative estimate of drug-likeness (QED) is 0.464. The van der Waals surface area contributed by atoms with Gasteiger partial charge in [-0.15, -0.1) is 0 Å². The van der Waals surface area contributed by atoms with E-state index in [0.717, 1.165) is 16.5 Å². The number of hydrogen-bond acceptors (Lipinski definition) is 2. The molecule has 2 aromatic rings. The minimum atomic E-state index is -0.390. The number of ether oxygens (including phenoxy) is 1. The van der Waals surface area contributed by atoms with Gasteiger partial charge in [-0.05, 0) is 51.7 Å². The van der Waals surface area contributed by atoms with Crippen molar-refractivity contribution in [2.24, 2.45) is 0 Å². The van der Waals surface area contributed by atoms with Crippen LogP contribution in [0.5, 0.6) is 5.75 Å². The lowest BCUT2D eigenvalue weighted by Crippen LogP contribution is -2.04. The van der Waals surface area contributed by atoms with Gasteiger partial charge >= 0.3 is 5.97 Å². The second-order valence-electron chi connectivity index (χ2n) is 4.28. The maximum atomic E-state index is 11.8. The summed E-state index contributed by atoms with van der Waals surface area (Å²) >= 11 is 3.41. The van der Waals surface area contributed by atoms with Gasteiger partial charge in [-0.3, -0.25) is 0 Å². The van der Waals surface area contributed by atoms with Crippen LogP contribution in [0.15, 0.2) is 59.1 Å². The highest BCUT2D eigenvalue weighted by atomic mass is 79.9. The molecule has 0 N–H and O–H groups in total. The Balaban J connectivity index is 2.03. The van der Waals surface area contributed by atoms with Gasteiger partial charge in [0.1, 0.15) is 5.75 Å². The van der Waals surface area contributed by atoms with Gasteiger partial charge in [0.05, 0.1) is 4.47 Å². The van der Waals surface area contributed by atoms with E-state index >= 15 is 0 Å². The van der Waals surface area contributed by atoms with E-state index in [1.165, 1.54) is 11.6 Å². The Morgan fingerprint density at radius 1 is 1.20 bits per heavy atom. The number of hydrogen-bond donors (Lipinski definition) is 0. The van der Waals surface area contributed by atoms with Crippen LogP contribution >= 0.6 is 15.9 Å². The van der Waals surface area contributed by atoms with Crippen LogP contribution in [-0.2, 0) is 11.2 Å². The summed E-state index contributed by atoms with van der Waals surface area (Å²) in [5, 5.41) is 0. The van der Waals surface area contributed by atoms with Crippen molar-refractivity contribution in [3.8, 4) is 5.75 Å². The molecule has 3 heteroatoms. The van der Waals surface area contributed by atoms with Gasteiger partial charge in [-0.1, -0.05) is 43.3 Å². The number of esters is 1. The van der Waals surface area contributed by atoms with Crippen LogP contribution in [0.1, 0.15) is 18.1 Å². The molecular weight excluding hydrogens is 316 g/mol. The molecule has 0 aliphatic rings. The Bertz CT molecular complexity index is 618. The molecular formula is C17H15BrO2. The number of halogens is 1. The highest BCUT2D eigenvalue weighted by molar-refractivity contribution is 9.10. The molecule has 0 atom stereocenters. The molecule has 0 saturated heterocycles. The largest absolute Gasteiger partial charge is 0.422 e. The molecule has 0 unspecified atom stereocenters. The third-order valence-electron chi connectivity index (χ3n) is 2.83. The lowest BCUT2D eigenvalue weighted by molar-refractivity contribution is -0.128. The second-order valence-corrected chi connectivity index (χ2v) is 5.14. The lowest BCUT2D eigenvalue weighted by atomic mass is 10.2. The maximum Gasteiger partial charge on any atom is 0.336 e. The number of carbonyl (C=O) groups excluding carboxylic acids is 1. The van der Waals surface area contributed by atoms with E-state index < -0.39 is 0 Å². The van der Waals surface area contributed by atoms with Gasteiger partial charge in [-0.2, -0.15) is 0 Å². The predicted octanol–water partition coefficient (Wildman–Crippen LogP) is 4.63. The van der Waals surface area contributed by atoms with Crippen molar-refractivity contribution in [1.29, 1.82) is 0 Å². The number of aryl methyl sites for hydroxylation is 1. The molecule has 0 aliphatic carbocycles. The van der Waals surface area contributed by atoms with E-state index in [9.17, 15) is 4.79 Å². The van der Waals surface area contributed by atoms with Crippen molar-refractivity contribution in [3.05, 3.63) is 70.2 Å². The van der Waals surface area contributed by atoms with Crippen molar-refractivity contribution in [2.45, 2.75) is 13.3 Å². The number of benzene rings is 2. The van der Waals surface area contributed by atoms with E-state index in [0.29, 0.717) is 5.75 Å². The minimum absolute atomic E-state index is 0.390. The molecule has 0 aromatic heterocycles. The first-order chi connectivity index (χ1) is 9.69. The van der Waals surface area contributed by atoms with E-state index in [1.807, 2.05) is 42.5 Å². The van der Waals surface area contributed by atoms with Gasteiger partial charge in [0, 0.05) is 6.08 Å². The topological polar surface area (TPSA) is 26.3 Å². The Morgan fingerprint density at radius 2 is 1.95 bits per heavy atom.